The van der Waals surface area contributed by atoms with Crippen LogP contribution >= 0.6 is 0 Å². The molecule has 6 nitrogen and oxygen atoms in total. The van der Waals surface area contributed by atoms with Gasteiger partial charge in [-0.2, -0.15) is 0 Å². The van der Waals surface area contributed by atoms with E-state index < -0.39 is 20.5 Å². The number of hydrogen-bond donors (Lipinski definition) is 0. The van der Waals surface area contributed by atoms with Gasteiger partial charge in [-0.25, -0.2) is 9.59 Å². The summed E-state index contributed by atoms with van der Waals surface area (Å²) in [5, 5.41) is 9.34. The quantitative estimate of drug-likeness (QED) is 0.371. The topological polar surface area (TPSA) is 77.3 Å². The Bertz CT molecular complexity index is 883. The Balaban J connectivity index is 2.13. The number of nitrogens with zero attached hydrogens (tertiary/aromatic N) is 2. The van der Waals surface area contributed by atoms with Crippen LogP contribution in [-0.4, -0.2) is 27.1 Å². The van der Waals surface area contributed by atoms with Gasteiger partial charge in [-0.15, -0.1) is 0 Å². The van der Waals surface area contributed by atoms with Crippen LogP contribution in [0.3, 0.4) is 0 Å². The molecule has 7 heteroatoms. The van der Waals surface area contributed by atoms with E-state index in [1.165, 1.54) is 0 Å². The maximum atomic E-state index is 12.6. The largest absolute Gasteiger partial charge is 0.487 e. The maximum absolute atomic E-state index is 12.6. The van der Waals surface area contributed by atoms with Gasteiger partial charge in [-0.1, -0.05) is 101 Å². The fourth-order valence-corrected chi connectivity index (χ4v) is 6.72. The van der Waals surface area contributed by atoms with Crippen LogP contribution in [-0.2, 0) is 9.16 Å². The van der Waals surface area contributed by atoms with Gasteiger partial charge in [-0.3, -0.25) is 0 Å². The summed E-state index contributed by atoms with van der Waals surface area (Å²) in [6.45, 7) is 1.79. The van der Waals surface area contributed by atoms with Crippen LogP contribution in [0, 0.1) is 0 Å². The fourth-order valence-electron chi connectivity index (χ4n) is 3.08. The van der Waals surface area contributed by atoms with E-state index in [0.717, 1.165) is 15.6 Å². The number of azo groups is 1. The van der Waals surface area contributed by atoms with E-state index in [1.807, 2.05) is 91.0 Å². The second kappa shape index (κ2) is 9.56. The number of ether oxygens (including phenoxy) is 1. The summed E-state index contributed by atoms with van der Waals surface area (Å²) < 4.78 is 10.7. The van der Waals surface area contributed by atoms with Gasteiger partial charge in [0.1, 0.15) is 0 Å². The van der Waals surface area contributed by atoms with E-state index in [9.17, 15) is 9.59 Å². The van der Waals surface area contributed by atoms with E-state index in [1.54, 1.807) is 6.92 Å². The summed E-state index contributed by atoms with van der Waals surface area (Å²) in [5.74, 6) is 0. The van der Waals surface area contributed by atoms with Gasteiger partial charge in [0, 0.05) is 0 Å². The lowest BCUT2D eigenvalue weighted by Crippen LogP contribution is -2.69. The Morgan fingerprint density at radius 3 is 1.45 bits per heavy atom. The van der Waals surface area contributed by atoms with Crippen LogP contribution in [0.4, 0.5) is 9.59 Å². The molecule has 0 saturated carbocycles. The number of amides is 2. The second-order valence-corrected chi connectivity index (χ2v) is 9.34. The number of carbonyl (C=O) groups excluding carboxylic acids is 2. The van der Waals surface area contributed by atoms with Crippen LogP contribution in [0.2, 0.25) is 0 Å². The first-order valence-corrected chi connectivity index (χ1v) is 11.1. The Morgan fingerprint density at radius 2 is 1.07 bits per heavy atom. The molecule has 3 aromatic rings. The monoisotopic (exact) mass is 404 g/mol. The average Bonchev–Trinajstić information content (AvgIpc) is 2.78. The molecule has 0 saturated heterocycles. The maximum Gasteiger partial charge on any atom is 0.452 e. The lowest BCUT2D eigenvalue weighted by Gasteiger charge is -2.31. The van der Waals surface area contributed by atoms with Gasteiger partial charge < -0.3 is 9.16 Å². The highest BCUT2D eigenvalue weighted by Crippen LogP contribution is 2.11. The molecule has 146 valence electrons. The smallest absolute Gasteiger partial charge is 0.452 e. The van der Waals surface area contributed by atoms with Crippen molar-refractivity contribution in [3.05, 3.63) is 91.0 Å². The molecular formula is C22H20N2O4Si. The van der Waals surface area contributed by atoms with Crippen molar-refractivity contribution in [1.82, 2.24) is 0 Å². The molecule has 0 aliphatic rings. The highest BCUT2D eigenvalue weighted by atomic mass is 28.4. The molecule has 0 aromatic heterocycles. The number of carbonyl (C=O) groups is 2. The minimum atomic E-state index is -3.23. The molecule has 0 atom stereocenters. The van der Waals surface area contributed by atoms with E-state index in [4.69, 9.17) is 4.43 Å². The van der Waals surface area contributed by atoms with E-state index in [2.05, 4.69) is 15.0 Å². The third-order valence-corrected chi connectivity index (χ3v) is 8.18. The zero-order valence-corrected chi connectivity index (χ0v) is 16.9. The molecule has 0 aliphatic heterocycles. The van der Waals surface area contributed by atoms with Gasteiger partial charge >= 0.3 is 20.5 Å². The molecule has 0 spiro atoms. The van der Waals surface area contributed by atoms with Crippen molar-refractivity contribution in [2.75, 3.05) is 6.61 Å². The highest BCUT2D eigenvalue weighted by molar-refractivity contribution is 7.07. The van der Waals surface area contributed by atoms with Crippen molar-refractivity contribution >= 4 is 36.1 Å². The van der Waals surface area contributed by atoms with Crippen molar-refractivity contribution in [3.8, 4) is 0 Å². The standard InChI is InChI=1S/C22H20N2O4Si/c1-2-27-21(25)23-24-22(26)28-29(18-12-6-3-7-13-18,19-14-8-4-9-15-19)20-16-10-5-11-17-20/h3-17H,2H2,1H3. The predicted molar refractivity (Wildman–Crippen MR) is 112 cm³/mol. The molecule has 0 fully saturated rings. The lowest BCUT2D eigenvalue weighted by molar-refractivity contribution is 0.160. The average molecular weight is 404 g/mol. The van der Waals surface area contributed by atoms with Crippen LogP contribution in [0.15, 0.2) is 101 Å². The Labute approximate surface area is 170 Å². The SMILES string of the molecule is CCOC(=O)N=NC(=O)O[Si](c1ccccc1)(c1ccccc1)c1ccccc1. The van der Waals surface area contributed by atoms with Crippen LogP contribution in [0.5, 0.6) is 0 Å². The van der Waals surface area contributed by atoms with Gasteiger partial charge in [0.15, 0.2) is 0 Å². The molecule has 0 unspecified atom stereocenters. The summed E-state index contributed by atoms with van der Waals surface area (Å²) in [5.41, 5.74) is 0. The molecule has 0 aliphatic carbocycles. The third kappa shape index (κ3) is 4.64. The normalized spacial score (nSPS) is 11.2. The van der Waals surface area contributed by atoms with E-state index >= 15 is 0 Å². The minimum Gasteiger partial charge on any atom is -0.487 e. The third-order valence-electron chi connectivity index (χ3n) is 4.26. The van der Waals surface area contributed by atoms with Crippen molar-refractivity contribution in [1.29, 1.82) is 0 Å². The number of benzene rings is 3. The molecule has 0 N–H and O–H groups in total. The Morgan fingerprint density at radius 1 is 0.690 bits per heavy atom. The predicted octanol–water partition coefficient (Wildman–Crippen LogP) is 3.40. The summed E-state index contributed by atoms with van der Waals surface area (Å²) in [7, 11) is -3.23. The molecule has 29 heavy (non-hydrogen) atoms. The first-order valence-electron chi connectivity index (χ1n) is 9.15. The lowest BCUT2D eigenvalue weighted by atomic mass is 10.3. The Kier molecular flexibility index (Phi) is 6.65. The van der Waals surface area contributed by atoms with Crippen molar-refractivity contribution in [2.45, 2.75) is 6.92 Å². The van der Waals surface area contributed by atoms with Crippen LogP contribution < -0.4 is 15.6 Å². The van der Waals surface area contributed by atoms with Crippen molar-refractivity contribution in [2.24, 2.45) is 10.2 Å². The fraction of sp³-hybridized carbons (Fsp3) is 0.0909. The summed E-state index contributed by atoms with van der Waals surface area (Å²) in [4.78, 5) is 24.1. The molecule has 3 rings (SSSR count). The first-order chi connectivity index (χ1) is 14.2. The summed E-state index contributed by atoms with van der Waals surface area (Å²) >= 11 is 0. The second-order valence-electron chi connectivity index (χ2n) is 6.05. The van der Waals surface area contributed by atoms with Gasteiger partial charge in [-0.05, 0) is 22.5 Å². The zero-order chi connectivity index (χ0) is 20.5. The molecule has 0 heterocycles. The molecule has 0 radical (unpaired) electrons. The number of hydrogen-bond acceptors (Lipinski definition) is 4. The minimum absolute atomic E-state index is 0.142. The van der Waals surface area contributed by atoms with Crippen LogP contribution in [0.25, 0.3) is 0 Å². The zero-order valence-electron chi connectivity index (χ0n) is 15.9. The van der Waals surface area contributed by atoms with E-state index in [0.29, 0.717) is 0 Å². The van der Waals surface area contributed by atoms with Gasteiger partial charge in [0.2, 0.25) is 0 Å². The Hall–Kier alpha value is -3.58. The summed E-state index contributed by atoms with van der Waals surface area (Å²) in [6.07, 6.45) is -1.88. The van der Waals surface area contributed by atoms with Gasteiger partial charge in [0.05, 0.1) is 6.61 Å². The number of rotatable bonds is 5. The molecule has 3 aromatic carbocycles. The van der Waals surface area contributed by atoms with Crippen LogP contribution in [0.1, 0.15) is 6.92 Å². The van der Waals surface area contributed by atoms with Gasteiger partial charge in [0.25, 0.3) is 0 Å². The molecule has 0 bridgehead atoms. The van der Waals surface area contributed by atoms with Crippen molar-refractivity contribution < 1.29 is 18.8 Å². The molecule has 2 amide bonds. The van der Waals surface area contributed by atoms with Crippen molar-refractivity contribution in [3.63, 3.8) is 0 Å². The van der Waals surface area contributed by atoms with E-state index in [-0.39, 0.29) is 6.61 Å². The summed E-state index contributed by atoms with van der Waals surface area (Å²) in [6, 6.07) is 28.7. The first kappa shape index (κ1) is 20.2. The molecular weight excluding hydrogens is 384 g/mol. The highest BCUT2D eigenvalue weighted by Gasteiger charge is 2.45.